The molecule has 2 aromatic carbocycles. The number of methoxy groups -OCH3 is 1. The Kier molecular flexibility index (Phi) is 6.63. The van der Waals surface area contributed by atoms with Crippen molar-refractivity contribution in [1.29, 1.82) is 0 Å². The molecule has 0 aliphatic carbocycles. The minimum Gasteiger partial charge on any atom is -0.481 e. The molecule has 0 amide bonds. The van der Waals surface area contributed by atoms with E-state index in [9.17, 15) is 9.59 Å². The number of hydrogen-bond donors (Lipinski definition) is 0. The summed E-state index contributed by atoms with van der Waals surface area (Å²) in [4.78, 5) is 23.0. The van der Waals surface area contributed by atoms with Crippen LogP contribution in [0.15, 0.2) is 46.9 Å². The van der Waals surface area contributed by atoms with Gasteiger partial charge < -0.3 is 14.2 Å². The quantitative estimate of drug-likeness (QED) is 0.670. The van der Waals surface area contributed by atoms with Gasteiger partial charge in [-0.1, -0.05) is 23.7 Å². The zero-order valence-corrected chi connectivity index (χ0v) is 15.1. The zero-order valence-electron chi connectivity index (χ0n) is 12.8. The number of ether oxygens (including phenoxy) is 3. The number of benzene rings is 2. The van der Waals surface area contributed by atoms with Gasteiger partial charge >= 0.3 is 11.9 Å². The van der Waals surface area contributed by atoms with E-state index in [1.54, 1.807) is 42.5 Å². The molecule has 0 fully saturated rings. The van der Waals surface area contributed by atoms with Gasteiger partial charge in [-0.3, -0.25) is 0 Å². The van der Waals surface area contributed by atoms with Gasteiger partial charge in [-0.2, -0.15) is 0 Å². The summed E-state index contributed by atoms with van der Waals surface area (Å²) in [6.45, 7) is -0.133. The Morgan fingerprint density at radius 1 is 1.12 bits per heavy atom. The molecule has 0 bridgehead atoms. The van der Waals surface area contributed by atoms with Gasteiger partial charge in [0.05, 0.1) is 17.1 Å². The van der Waals surface area contributed by atoms with Crippen LogP contribution in [0.4, 0.5) is 0 Å². The molecular weight excluding hydrogens is 400 g/mol. The van der Waals surface area contributed by atoms with Gasteiger partial charge in [0.1, 0.15) is 12.4 Å². The fourth-order valence-electron chi connectivity index (χ4n) is 1.79. The molecule has 0 radical (unpaired) electrons. The highest BCUT2D eigenvalue weighted by atomic mass is 79.9. The van der Waals surface area contributed by atoms with Crippen molar-refractivity contribution in [3.05, 3.63) is 63.1 Å². The molecule has 5 nitrogen and oxygen atoms in total. The molecular formula is C17H14BrClO5. The summed E-state index contributed by atoms with van der Waals surface area (Å²) in [5, 5.41) is 0.562. The molecule has 24 heavy (non-hydrogen) atoms. The highest BCUT2D eigenvalue weighted by Crippen LogP contribution is 2.27. The second kappa shape index (κ2) is 8.70. The van der Waals surface area contributed by atoms with Gasteiger partial charge in [0.2, 0.25) is 0 Å². The molecule has 0 N–H and O–H groups in total. The Balaban J connectivity index is 1.81. The molecule has 0 aromatic heterocycles. The molecule has 0 aliphatic rings. The number of hydrogen-bond acceptors (Lipinski definition) is 5. The molecule has 0 spiro atoms. The minimum atomic E-state index is -0.506. The van der Waals surface area contributed by atoms with E-state index >= 15 is 0 Å². The summed E-state index contributed by atoms with van der Waals surface area (Å²) >= 11 is 9.13. The van der Waals surface area contributed by atoms with Crippen molar-refractivity contribution >= 4 is 39.5 Å². The van der Waals surface area contributed by atoms with Crippen molar-refractivity contribution in [3.63, 3.8) is 0 Å². The van der Waals surface area contributed by atoms with Crippen molar-refractivity contribution in [1.82, 2.24) is 0 Å². The number of halogens is 2. The predicted molar refractivity (Wildman–Crippen MR) is 92.2 cm³/mol. The van der Waals surface area contributed by atoms with Gasteiger partial charge in [0, 0.05) is 5.02 Å². The minimum absolute atomic E-state index is 0.0887. The molecule has 7 heteroatoms. The Hall–Kier alpha value is -2.05. The summed E-state index contributed by atoms with van der Waals surface area (Å²) in [5.41, 5.74) is 1.19. The highest BCUT2D eigenvalue weighted by Gasteiger charge is 2.09. The van der Waals surface area contributed by atoms with Crippen molar-refractivity contribution in [3.8, 4) is 5.75 Å². The summed E-state index contributed by atoms with van der Waals surface area (Å²) in [7, 11) is 1.32. The second-order valence-electron chi connectivity index (χ2n) is 4.71. The lowest BCUT2D eigenvalue weighted by Crippen LogP contribution is -2.15. The van der Waals surface area contributed by atoms with Gasteiger partial charge in [0.25, 0.3) is 0 Å². The SMILES string of the molecule is COC(=O)c1ccc(COC(=O)COc2ccc(Cl)cc2Br)cc1. The monoisotopic (exact) mass is 412 g/mol. The van der Waals surface area contributed by atoms with Crippen molar-refractivity contribution in [2.75, 3.05) is 13.7 Å². The van der Waals surface area contributed by atoms with Crippen LogP contribution in [0.5, 0.6) is 5.75 Å². The number of esters is 2. The van der Waals surface area contributed by atoms with Crippen molar-refractivity contribution in [2.24, 2.45) is 0 Å². The third-order valence-corrected chi connectivity index (χ3v) is 3.87. The smallest absolute Gasteiger partial charge is 0.344 e. The lowest BCUT2D eigenvalue weighted by atomic mass is 10.1. The summed E-state index contributed by atoms with van der Waals surface area (Å²) in [6.07, 6.45) is 0. The van der Waals surface area contributed by atoms with Crippen LogP contribution in [0.3, 0.4) is 0 Å². The standard InChI is InChI=1S/C17H14BrClO5/c1-22-17(21)12-4-2-11(3-5-12)9-24-16(20)10-23-15-7-6-13(19)8-14(15)18/h2-8H,9-10H2,1H3. The fourth-order valence-corrected chi connectivity index (χ4v) is 2.59. The van der Waals surface area contributed by atoms with Crippen molar-refractivity contribution in [2.45, 2.75) is 6.61 Å². The third-order valence-electron chi connectivity index (χ3n) is 3.01. The first kappa shape index (κ1) is 18.3. The third kappa shape index (κ3) is 5.25. The first-order valence-corrected chi connectivity index (χ1v) is 8.07. The van der Waals surface area contributed by atoms with Crippen LogP contribution in [0.1, 0.15) is 15.9 Å². The molecule has 2 rings (SSSR count). The maximum atomic E-state index is 11.7. The van der Waals surface area contributed by atoms with E-state index in [2.05, 4.69) is 20.7 Å². The normalized spacial score (nSPS) is 10.1. The maximum Gasteiger partial charge on any atom is 0.344 e. The zero-order chi connectivity index (χ0) is 17.5. The van der Waals surface area contributed by atoms with E-state index in [1.165, 1.54) is 7.11 Å². The van der Waals surface area contributed by atoms with E-state index in [4.69, 9.17) is 21.1 Å². The highest BCUT2D eigenvalue weighted by molar-refractivity contribution is 9.10. The Morgan fingerprint density at radius 2 is 1.83 bits per heavy atom. The van der Waals surface area contributed by atoms with Crippen LogP contribution in [0.2, 0.25) is 5.02 Å². The summed E-state index contributed by atoms with van der Waals surface area (Å²) in [5.74, 6) is -0.423. The van der Waals surface area contributed by atoms with Gasteiger partial charge in [-0.15, -0.1) is 0 Å². The Bertz CT molecular complexity index is 730. The van der Waals surface area contributed by atoms with E-state index < -0.39 is 11.9 Å². The number of carbonyl (C=O) groups is 2. The number of carbonyl (C=O) groups excluding carboxylic acids is 2. The van der Waals surface area contributed by atoms with E-state index in [0.717, 1.165) is 5.56 Å². The van der Waals surface area contributed by atoms with E-state index in [0.29, 0.717) is 20.8 Å². The van der Waals surface area contributed by atoms with E-state index in [-0.39, 0.29) is 13.2 Å². The molecule has 2 aromatic rings. The van der Waals surface area contributed by atoms with Gasteiger partial charge in [0.15, 0.2) is 6.61 Å². The number of rotatable bonds is 6. The van der Waals surface area contributed by atoms with Crippen LogP contribution in [0.25, 0.3) is 0 Å². The van der Waals surface area contributed by atoms with Crippen LogP contribution < -0.4 is 4.74 Å². The Morgan fingerprint density at radius 3 is 2.46 bits per heavy atom. The average molecular weight is 414 g/mol. The first-order chi connectivity index (χ1) is 11.5. The van der Waals surface area contributed by atoms with Crippen LogP contribution >= 0.6 is 27.5 Å². The average Bonchev–Trinajstić information content (AvgIpc) is 2.59. The second-order valence-corrected chi connectivity index (χ2v) is 6.00. The Labute approximate surface area is 152 Å². The first-order valence-electron chi connectivity index (χ1n) is 6.90. The topological polar surface area (TPSA) is 61.8 Å². The largest absolute Gasteiger partial charge is 0.481 e. The molecule has 0 aliphatic heterocycles. The molecule has 126 valence electrons. The van der Waals surface area contributed by atoms with Crippen molar-refractivity contribution < 1.29 is 23.8 Å². The fraction of sp³-hybridized carbons (Fsp3) is 0.176. The molecule has 0 unspecified atom stereocenters. The summed E-state index contributed by atoms with van der Waals surface area (Å²) in [6, 6.07) is 11.6. The maximum absolute atomic E-state index is 11.7. The van der Waals surface area contributed by atoms with Gasteiger partial charge in [-0.25, -0.2) is 9.59 Å². The lowest BCUT2D eigenvalue weighted by molar-refractivity contribution is -0.147. The van der Waals surface area contributed by atoms with E-state index in [1.807, 2.05) is 0 Å². The molecule has 0 saturated carbocycles. The van der Waals surface area contributed by atoms with Crippen LogP contribution in [-0.2, 0) is 20.9 Å². The molecule has 0 saturated heterocycles. The molecule has 0 atom stereocenters. The van der Waals surface area contributed by atoms with Crippen LogP contribution in [-0.4, -0.2) is 25.7 Å². The predicted octanol–water partition coefficient (Wildman–Crippen LogP) is 4.01. The van der Waals surface area contributed by atoms with Gasteiger partial charge in [-0.05, 0) is 51.8 Å². The molecule has 0 heterocycles. The lowest BCUT2D eigenvalue weighted by Gasteiger charge is -2.09. The van der Waals surface area contributed by atoms with Crippen LogP contribution in [0, 0.1) is 0 Å². The summed E-state index contributed by atoms with van der Waals surface area (Å²) < 4.78 is 15.8.